The number of aromatic nitrogens is 1. The lowest BCUT2D eigenvalue weighted by molar-refractivity contribution is 0.182. The smallest absolute Gasteiger partial charge is 0.0664 e. The Bertz CT molecular complexity index is 302. The molecule has 0 aliphatic carbocycles. The molecule has 3 nitrogen and oxygen atoms in total. The maximum Gasteiger partial charge on any atom is 0.0664 e. The van der Waals surface area contributed by atoms with Gasteiger partial charge in [-0.1, -0.05) is 19.8 Å². The first-order valence-corrected chi connectivity index (χ1v) is 5.93. The van der Waals surface area contributed by atoms with E-state index in [0.29, 0.717) is 6.04 Å². The van der Waals surface area contributed by atoms with Crippen LogP contribution >= 0.6 is 0 Å². The number of hydrogen-bond acceptors (Lipinski definition) is 3. The maximum absolute atomic E-state index is 5.22. The van der Waals surface area contributed by atoms with Gasteiger partial charge in [0.15, 0.2) is 0 Å². The molecule has 0 fully saturated rings. The number of rotatable bonds is 7. The highest BCUT2D eigenvalue weighted by Gasteiger charge is 2.07. The van der Waals surface area contributed by atoms with Crippen molar-refractivity contribution in [2.24, 2.45) is 0 Å². The number of nitrogens with one attached hydrogen (secondary N) is 1. The van der Waals surface area contributed by atoms with Crippen molar-refractivity contribution in [2.45, 2.75) is 39.2 Å². The summed E-state index contributed by atoms with van der Waals surface area (Å²) in [5.74, 6) is 0. The van der Waals surface area contributed by atoms with Gasteiger partial charge in [0.2, 0.25) is 0 Å². The van der Waals surface area contributed by atoms with Crippen LogP contribution in [-0.2, 0) is 4.74 Å². The van der Waals surface area contributed by atoms with Crippen LogP contribution in [0.5, 0.6) is 0 Å². The number of pyridine rings is 1. The molecule has 16 heavy (non-hydrogen) atoms. The van der Waals surface area contributed by atoms with Gasteiger partial charge in [-0.2, -0.15) is 0 Å². The van der Waals surface area contributed by atoms with Crippen molar-refractivity contribution < 1.29 is 4.74 Å². The molecule has 0 aromatic carbocycles. The molecule has 1 aromatic heterocycles. The molecule has 1 N–H and O–H groups in total. The summed E-state index contributed by atoms with van der Waals surface area (Å²) < 4.78 is 5.22. The second-order valence-corrected chi connectivity index (χ2v) is 4.19. The predicted molar refractivity (Wildman–Crippen MR) is 67.8 cm³/mol. The van der Waals surface area contributed by atoms with E-state index in [1.165, 1.54) is 18.4 Å². The zero-order chi connectivity index (χ0) is 11.8. The number of nitrogens with zero attached hydrogens (tertiary/aromatic N) is 1. The van der Waals surface area contributed by atoms with Crippen LogP contribution in [0.3, 0.4) is 0 Å². The van der Waals surface area contributed by atoms with Gasteiger partial charge in [-0.25, -0.2) is 0 Å². The SMILES string of the molecule is CCCCC(COC)Nc1cncc(C)c1. The van der Waals surface area contributed by atoms with Gasteiger partial charge in [-0.3, -0.25) is 4.98 Å². The zero-order valence-electron chi connectivity index (χ0n) is 10.5. The topological polar surface area (TPSA) is 34.1 Å². The number of anilines is 1. The number of methoxy groups -OCH3 is 1. The summed E-state index contributed by atoms with van der Waals surface area (Å²) in [6.07, 6.45) is 7.30. The van der Waals surface area contributed by atoms with Gasteiger partial charge in [-0.15, -0.1) is 0 Å². The highest BCUT2D eigenvalue weighted by Crippen LogP contribution is 2.12. The van der Waals surface area contributed by atoms with E-state index in [4.69, 9.17) is 4.74 Å². The molecular weight excluding hydrogens is 200 g/mol. The van der Waals surface area contributed by atoms with Gasteiger partial charge >= 0.3 is 0 Å². The van der Waals surface area contributed by atoms with E-state index in [9.17, 15) is 0 Å². The Hall–Kier alpha value is -1.09. The molecule has 1 atom stereocenters. The van der Waals surface area contributed by atoms with Crippen molar-refractivity contribution in [3.63, 3.8) is 0 Å². The Balaban J connectivity index is 2.52. The molecule has 0 aliphatic rings. The van der Waals surface area contributed by atoms with E-state index in [-0.39, 0.29) is 0 Å². The van der Waals surface area contributed by atoms with Crippen molar-refractivity contribution in [3.05, 3.63) is 24.0 Å². The predicted octanol–water partition coefficient (Wildman–Crippen LogP) is 3.01. The minimum Gasteiger partial charge on any atom is -0.383 e. The van der Waals surface area contributed by atoms with E-state index in [1.54, 1.807) is 7.11 Å². The van der Waals surface area contributed by atoms with Crippen molar-refractivity contribution in [2.75, 3.05) is 19.0 Å². The second-order valence-electron chi connectivity index (χ2n) is 4.19. The summed E-state index contributed by atoms with van der Waals surface area (Å²) in [6, 6.07) is 2.50. The minimum absolute atomic E-state index is 0.383. The molecule has 1 unspecified atom stereocenters. The lowest BCUT2D eigenvalue weighted by Crippen LogP contribution is -2.24. The monoisotopic (exact) mass is 222 g/mol. The van der Waals surface area contributed by atoms with Crippen LogP contribution in [0.1, 0.15) is 31.7 Å². The van der Waals surface area contributed by atoms with E-state index >= 15 is 0 Å². The van der Waals surface area contributed by atoms with Crippen LogP contribution in [0.2, 0.25) is 0 Å². The van der Waals surface area contributed by atoms with Crippen LogP contribution in [-0.4, -0.2) is 24.7 Å². The lowest BCUT2D eigenvalue weighted by Gasteiger charge is -2.18. The molecule has 0 bridgehead atoms. The third kappa shape index (κ3) is 4.62. The Morgan fingerprint density at radius 2 is 2.25 bits per heavy atom. The summed E-state index contributed by atoms with van der Waals surface area (Å²) in [5.41, 5.74) is 2.26. The first-order valence-electron chi connectivity index (χ1n) is 5.93. The standard InChI is InChI=1S/C13H22N2O/c1-4-5-6-12(10-16-3)15-13-7-11(2)8-14-9-13/h7-9,12,15H,4-6,10H2,1-3H3. The van der Waals surface area contributed by atoms with E-state index in [1.807, 2.05) is 12.4 Å². The Kier molecular flexibility index (Phi) is 5.86. The number of aryl methyl sites for hydroxylation is 1. The highest BCUT2D eigenvalue weighted by atomic mass is 16.5. The Labute approximate surface area is 98.2 Å². The fraction of sp³-hybridized carbons (Fsp3) is 0.615. The molecule has 0 saturated heterocycles. The second kappa shape index (κ2) is 7.23. The van der Waals surface area contributed by atoms with Crippen molar-refractivity contribution in [1.29, 1.82) is 0 Å². The van der Waals surface area contributed by atoms with E-state index in [0.717, 1.165) is 18.7 Å². The van der Waals surface area contributed by atoms with Gasteiger partial charge in [0, 0.05) is 25.5 Å². The molecule has 1 heterocycles. The summed E-state index contributed by atoms with van der Waals surface area (Å²) in [7, 11) is 1.75. The molecule has 90 valence electrons. The van der Waals surface area contributed by atoms with E-state index < -0.39 is 0 Å². The third-order valence-corrected chi connectivity index (χ3v) is 2.52. The van der Waals surface area contributed by atoms with Crippen LogP contribution in [0, 0.1) is 6.92 Å². The largest absolute Gasteiger partial charge is 0.383 e. The van der Waals surface area contributed by atoms with Crippen molar-refractivity contribution in [3.8, 4) is 0 Å². The molecule has 3 heteroatoms. The molecule has 1 rings (SSSR count). The minimum atomic E-state index is 0.383. The van der Waals surface area contributed by atoms with Gasteiger partial charge in [-0.05, 0) is 25.0 Å². The number of ether oxygens (including phenoxy) is 1. The average Bonchev–Trinajstić information content (AvgIpc) is 2.26. The summed E-state index contributed by atoms with van der Waals surface area (Å²) in [6.45, 7) is 5.00. The first kappa shape index (κ1) is 13.0. The van der Waals surface area contributed by atoms with Crippen LogP contribution in [0.15, 0.2) is 18.5 Å². The van der Waals surface area contributed by atoms with Crippen LogP contribution in [0.4, 0.5) is 5.69 Å². The normalized spacial score (nSPS) is 12.4. The third-order valence-electron chi connectivity index (χ3n) is 2.52. The fourth-order valence-corrected chi connectivity index (χ4v) is 1.72. The number of unbranched alkanes of at least 4 members (excludes halogenated alkanes) is 1. The molecule has 1 aromatic rings. The van der Waals surface area contributed by atoms with Gasteiger partial charge < -0.3 is 10.1 Å². The molecule has 0 spiro atoms. The summed E-state index contributed by atoms with van der Waals surface area (Å²) in [4.78, 5) is 4.17. The van der Waals surface area contributed by atoms with Crippen LogP contribution < -0.4 is 5.32 Å². The average molecular weight is 222 g/mol. The highest BCUT2D eigenvalue weighted by molar-refractivity contribution is 5.43. The van der Waals surface area contributed by atoms with E-state index in [2.05, 4.69) is 30.2 Å². The molecule has 0 aliphatic heterocycles. The van der Waals surface area contributed by atoms with Crippen molar-refractivity contribution >= 4 is 5.69 Å². The lowest BCUT2D eigenvalue weighted by atomic mass is 10.1. The van der Waals surface area contributed by atoms with Gasteiger partial charge in [0.05, 0.1) is 12.3 Å². The molecule has 0 amide bonds. The Morgan fingerprint density at radius 3 is 2.88 bits per heavy atom. The molecule has 0 saturated carbocycles. The van der Waals surface area contributed by atoms with Crippen LogP contribution in [0.25, 0.3) is 0 Å². The summed E-state index contributed by atoms with van der Waals surface area (Å²) in [5, 5.41) is 3.47. The summed E-state index contributed by atoms with van der Waals surface area (Å²) >= 11 is 0. The quantitative estimate of drug-likeness (QED) is 0.770. The van der Waals surface area contributed by atoms with Gasteiger partial charge in [0.25, 0.3) is 0 Å². The maximum atomic E-state index is 5.22. The first-order chi connectivity index (χ1) is 7.76. The zero-order valence-corrected chi connectivity index (χ0v) is 10.5. The fourth-order valence-electron chi connectivity index (χ4n) is 1.72. The molecular formula is C13H22N2O. The van der Waals surface area contributed by atoms with Crippen molar-refractivity contribution in [1.82, 2.24) is 4.98 Å². The Morgan fingerprint density at radius 1 is 1.44 bits per heavy atom. The number of hydrogen-bond donors (Lipinski definition) is 1. The van der Waals surface area contributed by atoms with Gasteiger partial charge in [0.1, 0.15) is 0 Å². The molecule has 0 radical (unpaired) electrons.